The van der Waals surface area contributed by atoms with E-state index in [1.807, 2.05) is 6.92 Å². The summed E-state index contributed by atoms with van der Waals surface area (Å²) in [6.45, 7) is 3.13. The molecule has 1 aliphatic carbocycles. The van der Waals surface area contributed by atoms with Gasteiger partial charge in [0.05, 0.1) is 4.92 Å². The summed E-state index contributed by atoms with van der Waals surface area (Å²) in [5.74, 6) is 0.174. The molecule has 2 unspecified atom stereocenters. The zero-order valence-electron chi connectivity index (χ0n) is 22.4. The fraction of sp³-hybridized carbons (Fsp3) is 0.357. The Labute approximate surface area is 232 Å². The fourth-order valence-corrected chi connectivity index (χ4v) is 4.75. The lowest BCUT2D eigenvalue weighted by Gasteiger charge is -2.30. The molecule has 2 atom stereocenters. The number of nitrogens with zero attached hydrogens (tertiary/aromatic N) is 3. The van der Waals surface area contributed by atoms with Crippen LogP contribution in [0, 0.1) is 16.0 Å². The van der Waals surface area contributed by atoms with Gasteiger partial charge in [-0.15, -0.1) is 0 Å². The van der Waals surface area contributed by atoms with Crippen LogP contribution in [-0.4, -0.2) is 45.8 Å². The quantitative estimate of drug-likeness (QED) is 0.162. The van der Waals surface area contributed by atoms with E-state index in [2.05, 4.69) is 31.2 Å². The zero-order valence-corrected chi connectivity index (χ0v) is 22.4. The van der Waals surface area contributed by atoms with Crippen molar-refractivity contribution in [2.45, 2.75) is 45.1 Å². The lowest BCUT2D eigenvalue weighted by Crippen LogP contribution is -2.35. The van der Waals surface area contributed by atoms with Gasteiger partial charge in [-0.25, -0.2) is 4.98 Å². The molecule has 0 saturated heterocycles. The van der Waals surface area contributed by atoms with Crippen molar-refractivity contribution < 1.29 is 14.5 Å². The van der Waals surface area contributed by atoms with Gasteiger partial charge in [-0.3, -0.25) is 19.7 Å². The lowest BCUT2D eigenvalue weighted by atomic mass is 9.85. The molecule has 210 valence electrons. The smallest absolute Gasteiger partial charge is 0.292 e. The van der Waals surface area contributed by atoms with Gasteiger partial charge in [0.15, 0.2) is 0 Å². The summed E-state index contributed by atoms with van der Waals surface area (Å²) >= 11 is 0. The number of aromatic nitrogens is 2. The molecule has 4 rings (SSSR count). The second kappa shape index (κ2) is 13.4. The predicted octanol–water partition coefficient (Wildman–Crippen LogP) is 4.45. The predicted molar refractivity (Wildman–Crippen MR) is 154 cm³/mol. The van der Waals surface area contributed by atoms with E-state index in [1.165, 1.54) is 12.3 Å². The van der Waals surface area contributed by atoms with Crippen LogP contribution < -0.4 is 27.0 Å². The summed E-state index contributed by atoms with van der Waals surface area (Å²) in [5, 5.41) is 24.0. The molecule has 40 heavy (non-hydrogen) atoms. The minimum Gasteiger partial charge on any atom is -0.377 e. The van der Waals surface area contributed by atoms with Crippen molar-refractivity contribution in [2.75, 3.05) is 29.0 Å². The topological polar surface area (TPSA) is 177 Å². The Morgan fingerprint density at radius 3 is 2.62 bits per heavy atom. The van der Waals surface area contributed by atoms with Crippen LogP contribution in [0.4, 0.5) is 28.8 Å². The number of amides is 2. The lowest BCUT2D eigenvalue weighted by molar-refractivity contribution is -0.384. The van der Waals surface area contributed by atoms with Gasteiger partial charge in [0, 0.05) is 42.6 Å². The summed E-state index contributed by atoms with van der Waals surface area (Å²) in [6.07, 6.45) is 5.96. The number of primary amides is 1. The van der Waals surface area contributed by atoms with Crippen LogP contribution in [0.15, 0.2) is 54.7 Å². The van der Waals surface area contributed by atoms with Crippen molar-refractivity contribution in [2.24, 2.45) is 11.7 Å². The molecule has 1 aromatic heterocycles. The second-order valence-corrected chi connectivity index (χ2v) is 9.81. The van der Waals surface area contributed by atoms with Crippen LogP contribution in [0.2, 0.25) is 0 Å². The molecule has 2 aromatic carbocycles. The highest BCUT2D eigenvalue weighted by atomic mass is 16.6. The van der Waals surface area contributed by atoms with Crippen LogP contribution in [0.5, 0.6) is 0 Å². The minimum atomic E-state index is -0.510. The third-order valence-electron chi connectivity index (χ3n) is 6.80. The van der Waals surface area contributed by atoms with Gasteiger partial charge in [-0.1, -0.05) is 25.5 Å². The van der Waals surface area contributed by atoms with Crippen molar-refractivity contribution in [3.8, 4) is 0 Å². The largest absolute Gasteiger partial charge is 0.377 e. The summed E-state index contributed by atoms with van der Waals surface area (Å²) < 4.78 is 0. The number of nitro groups is 1. The molecule has 1 aliphatic rings. The average molecular weight is 547 g/mol. The zero-order chi connectivity index (χ0) is 28.5. The molecule has 1 saturated carbocycles. The first kappa shape index (κ1) is 28.3. The van der Waals surface area contributed by atoms with Crippen molar-refractivity contribution in [1.82, 2.24) is 15.3 Å². The molecular weight excluding hydrogens is 512 g/mol. The number of nitrogens with two attached hydrogens (primary N) is 1. The number of rotatable bonds is 12. The number of benzene rings is 2. The van der Waals surface area contributed by atoms with E-state index in [4.69, 9.17) is 5.73 Å². The van der Waals surface area contributed by atoms with Crippen molar-refractivity contribution in [3.05, 3.63) is 76.0 Å². The molecule has 0 aliphatic heterocycles. The molecule has 1 fully saturated rings. The second-order valence-electron chi connectivity index (χ2n) is 9.81. The van der Waals surface area contributed by atoms with Crippen molar-refractivity contribution in [3.63, 3.8) is 0 Å². The third kappa shape index (κ3) is 7.43. The van der Waals surface area contributed by atoms with Crippen LogP contribution in [0.1, 0.15) is 59.7 Å². The van der Waals surface area contributed by atoms with Gasteiger partial charge in [0.2, 0.25) is 11.9 Å². The molecule has 0 spiro atoms. The standard InChI is InChI=1S/C28H34N8O4/c1-2-14-30-26-22(17-32-28(35-26)34-20-12-10-19(11-13-20)25(29)37)27(38)31-16-18-6-5-7-21(15-18)33-23-8-3-4-9-24(23)36(39)40/h3-4,8-13,17-18,21,33H,2,5-7,14-16H2,1H3,(H2,29,37)(H,31,38)(H2,30,32,34,35). The van der Waals surface area contributed by atoms with Crippen molar-refractivity contribution >= 4 is 40.6 Å². The van der Waals surface area contributed by atoms with Gasteiger partial charge in [-0.05, 0) is 61.9 Å². The SMILES string of the molecule is CCCNc1nc(Nc2ccc(C(N)=O)cc2)ncc1C(=O)NCC1CCCC(Nc2ccccc2[N+](=O)[O-])C1. The average Bonchev–Trinajstić information content (AvgIpc) is 2.95. The number of carbonyl (C=O) groups is 2. The van der Waals surface area contributed by atoms with E-state index >= 15 is 0 Å². The molecule has 12 heteroatoms. The van der Waals surface area contributed by atoms with Gasteiger partial charge in [0.25, 0.3) is 11.6 Å². The first-order valence-corrected chi connectivity index (χ1v) is 13.4. The maximum absolute atomic E-state index is 13.1. The molecule has 3 aromatic rings. The Balaban J connectivity index is 1.38. The van der Waals surface area contributed by atoms with E-state index in [-0.39, 0.29) is 28.5 Å². The van der Waals surface area contributed by atoms with Crippen LogP contribution in [0.3, 0.4) is 0 Å². The Morgan fingerprint density at radius 2 is 1.90 bits per heavy atom. The maximum atomic E-state index is 13.1. The van der Waals surface area contributed by atoms with Gasteiger partial charge in [0.1, 0.15) is 17.1 Å². The molecule has 6 N–H and O–H groups in total. The monoisotopic (exact) mass is 546 g/mol. The number of hydrogen-bond acceptors (Lipinski definition) is 9. The summed E-state index contributed by atoms with van der Waals surface area (Å²) in [5.41, 5.74) is 7.28. The summed E-state index contributed by atoms with van der Waals surface area (Å²) in [4.78, 5) is 44.3. The molecular formula is C28H34N8O4. The summed E-state index contributed by atoms with van der Waals surface area (Å²) in [7, 11) is 0. The number of anilines is 4. The fourth-order valence-electron chi connectivity index (χ4n) is 4.75. The van der Waals surface area contributed by atoms with E-state index < -0.39 is 5.91 Å². The molecule has 0 bridgehead atoms. The van der Waals surface area contributed by atoms with Gasteiger partial charge >= 0.3 is 0 Å². The Hall–Kier alpha value is -4.74. The van der Waals surface area contributed by atoms with E-state index in [9.17, 15) is 19.7 Å². The highest BCUT2D eigenvalue weighted by Crippen LogP contribution is 2.30. The number of nitro benzene ring substituents is 1. The number of hydrogen-bond donors (Lipinski definition) is 5. The Bertz CT molecular complexity index is 1350. The molecule has 0 radical (unpaired) electrons. The number of nitrogens with one attached hydrogen (secondary N) is 4. The van der Waals surface area contributed by atoms with Crippen molar-refractivity contribution in [1.29, 1.82) is 0 Å². The van der Waals surface area contributed by atoms with Gasteiger partial charge < -0.3 is 27.0 Å². The highest BCUT2D eigenvalue weighted by molar-refractivity contribution is 5.98. The molecule has 2 amide bonds. The third-order valence-corrected chi connectivity index (χ3v) is 6.80. The van der Waals surface area contributed by atoms with E-state index in [0.717, 1.165) is 32.1 Å². The van der Waals surface area contributed by atoms with E-state index in [0.29, 0.717) is 47.4 Å². The van der Waals surface area contributed by atoms with Crippen LogP contribution in [-0.2, 0) is 0 Å². The normalized spacial score (nSPS) is 16.5. The number of carbonyl (C=O) groups excluding carboxylic acids is 2. The first-order chi connectivity index (χ1) is 19.3. The van der Waals surface area contributed by atoms with Crippen LogP contribution in [0.25, 0.3) is 0 Å². The highest BCUT2D eigenvalue weighted by Gasteiger charge is 2.25. The number of para-hydroxylation sites is 2. The Morgan fingerprint density at radius 1 is 1.12 bits per heavy atom. The maximum Gasteiger partial charge on any atom is 0.292 e. The molecule has 12 nitrogen and oxygen atoms in total. The first-order valence-electron chi connectivity index (χ1n) is 13.4. The van der Waals surface area contributed by atoms with Crippen LogP contribution >= 0.6 is 0 Å². The Kier molecular flexibility index (Phi) is 9.44. The molecule has 1 heterocycles. The minimum absolute atomic E-state index is 0.0608. The van der Waals surface area contributed by atoms with E-state index in [1.54, 1.807) is 42.5 Å². The summed E-state index contributed by atoms with van der Waals surface area (Å²) in [6, 6.07) is 13.4. The van der Waals surface area contributed by atoms with Gasteiger partial charge in [-0.2, -0.15) is 4.98 Å².